The van der Waals surface area contributed by atoms with E-state index in [1.165, 1.54) is 4.57 Å². The zero-order valence-corrected chi connectivity index (χ0v) is 27.6. The first-order chi connectivity index (χ1) is 23.5. The molecule has 3 aromatic rings. The number of carbonyl (C=O) groups is 5. The number of pyridine rings is 1. The number of nitrogens with zero attached hydrogens (tertiary/aromatic N) is 4. The molecule has 4 aliphatic rings. The number of anilines is 1. The van der Waals surface area contributed by atoms with Gasteiger partial charge in [-0.15, -0.1) is 0 Å². The van der Waals surface area contributed by atoms with Gasteiger partial charge >= 0.3 is 6.03 Å². The summed E-state index contributed by atoms with van der Waals surface area (Å²) >= 11 is 0. The number of hydrogen-bond acceptors (Lipinski definition) is 9. The van der Waals surface area contributed by atoms with Crippen LogP contribution >= 0.6 is 0 Å². The molecule has 6 amide bonds. The normalized spacial score (nSPS) is 18.9. The summed E-state index contributed by atoms with van der Waals surface area (Å²) in [6.45, 7) is 1.88. The molecule has 0 bridgehead atoms. The van der Waals surface area contributed by atoms with Crippen molar-refractivity contribution in [1.82, 2.24) is 25.0 Å². The summed E-state index contributed by atoms with van der Waals surface area (Å²) in [7, 11) is 6.48. The van der Waals surface area contributed by atoms with Crippen LogP contribution in [-0.2, 0) is 29.6 Å². The van der Waals surface area contributed by atoms with E-state index in [9.17, 15) is 28.8 Å². The van der Waals surface area contributed by atoms with Gasteiger partial charge in [0.15, 0.2) is 0 Å². The summed E-state index contributed by atoms with van der Waals surface area (Å²) < 4.78 is 13.4. The number of nitrogens with one attached hydrogen (secondary N) is 2. The van der Waals surface area contributed by atoms with Crippen molar-refractivity contribution in [3.8, 4) is 22.6 Å². The van der Waals surface area contributed by atoms with Gasteiger partial charge in [0.1, 0.15) is 17.5 Å². The van der Waals surface area contributed by atoms with Crippen LogP contribution in [0.2, 0.25) is 0 Å². The van der Waals surface area contributed by atoms with Crippen molar-refractivity contribution < 1.29 is 33.4 Å². The van der Waals surface area contributed by atoms with E-state index >= 15 is 0 Å². The third-order valence-corrected chi connectivity index (χ3v) is 10.0. The molecule has 1 aromatic heterocycles. The predicted octanol–water partition coefficient (Wildman–Crippen LogP) is 1.77. The SMILES string of the molecule is CNC(=O)N1CCc2c(-c3cc(OC)c(C4CN(c5ccc6c(c5)C(=O)N(C5CCC(=O)NC5=O)C6=O)C4)c(OC)c3)cn(C)c(=O)c2C1. The second-order valence-corrected chi connectivity index (χ2v) is 12.7. The molecule has 1 atom stereocenters. The molecule has 2 aromatic carbocycles. The van der Waals surface area contributed by atoms with Crippen molar-refractivity contribution in [2.45, 2.75) is 37.8 Å². The fraction of sp³-hybridized carbons (Fsp3) is 0.371. The topological polar surface area (TPSA) is 160 Å². The molecule has 0 radical (unpaired) electrons. The van der Waals surface area contributed by atoms with Crippen LogP contribution in [0.3, 0.4) is 0 Å². The van der Waals surface area contributed by atoms with Crippen LogP contribution < -0.4 is 30.6 Å². The summed E-state index contributed by atoms with van der Waals surface area (Å²) in [5, 5.41) is 4.86. The van der Waals surface area contributed by atoms with Crippen LogP contribution in [0.15, 0.2) is 41.3 Å². The molecular formula is C35H36N6O8. The Kier molecular flexibility index (Phi) is 7.88. The Bertz CT molecular complexity index is 1990. The molecule has 0 aliphatic carbocycles. The third kappa shape index (κ3) is 5.18. The van der Waals surface area contributed by atoms with E-state index in [1.807, 2.05) is 18.3 Å². The lowest BCUT2D eigenvalue weighted by atomic mass is 9.86. The first-order valence-electron chi connectivity index (χ1n) is 16.1. The molecule has 2 fully saturated rings. The number of benzene rings is 2. The molecule has 0 saturated carbocycles. The van der Waals surface area contributed by atoms with Gasteiger partial charge in [0, 0.05) is 74.6 Å². The molecular weight excluding hydrogens is 632 g/mol. The van der Waals surface area contributed by atoms with Gasteiger partial charge in [-0.3, -0.25) is 34.2 Å². The number of methoxy groups -OCH3 is 2. The minimum absolute atomic E-state index is 0.0275. The lowest BCUT2D eigenvalue weighted by Gasteiger charge is -2.42. The monoisotopic (exact) mass is 668 g/mol. The highest BCUT2D eigenvalue weighted by atomic mass is 16.5. The number of aromatic nitrogens is 1. The standard InChI is InChI=1S/C35H36N6O8/c1-36-35(47)39-10-9-21-24(16-38(2)32(44)25(21)17-39)18-11-27(48-3)30(28(12-18)49-4)19-14-40(15-19)20-5-6-22-23(13-20)34(46)41(33(22)45)26-7-8-29(42)37-31(26)43/h5-6,11-13,16,19,26H,7-10,14-15,17H2,1-4H3,(H,36,47)(H,37,42,43). The van der Waals surface area contributed by atoms with E-state index in [0.717, 1.165) is 32.8 Å². The number of carbonyl (C=O) groups excluding carboxylic acids is 5. The van der Waals surface area contributed by atoms with Crippen molar-refractivity contribution in [3.05, 3.63) is 74.7 Å². The zero-order chi connectivity index (χ0) is 34.7. The number of rotatable bonds is 6. The van der Waals surface area contributed by atoms with Gasteiger partial charge in [-0.1, -0.05) is 0 Å². The molecule has 7 rings (SSSR count). The highest BCUT2D eigenvalue weighted by Crippen LogP contribution is 2.45. The Hall–Kier alpha value is -5.66. The van der Waals surface area contributed by atoms with E-state index < -0.39 is 29.7 Å². The van der Waals surface area contributed by atoms with Crippen molar-refractivity contribution in [2.24, 2.45) is 7.05 Å². The van der Waals surface area contributed by atoms with Gasteiger partial charge in [0.25, 0.3) is 17.4 Å². The average molecular weight is 669 g/mol. The summed E-state index contributed by atoms with van der Waals surface area (Å²) in [5.41, 5.74) is 5.16. The Morgan fingerprint density at radius 3 is 2.24 bits per heavy atom. The third-order valence-electron chi connectivity index (χ3n) is 10.0. The molecule has 2 N–H and O–H groups in total. The maximum Gasteiger partial charge on any atom is 0.317 e. The highest BCUT2D eigenvalue weighted by Gasteiger charge is 2.45. The van der Waals surface area contributed by atoms with E-state index in [2.05, 4.69) is 15.5 Å². The average Bonchev–Trinajstić information content (AvgIpc) is 3.33. The summed E-state index contributed by atoms with van der Waals surface area (Å²) in [6.07, 6.45) is 2.50. The molecule has 5 heterocycles. The quantitative estimate of drug-likeness (QED) is 0.374. The fourth-order valence-corrected chi connectivity index (χ4v) is 7.40. The Balaban J connectivity index is 1.14. The Morgan fingerprint density at radius 2 is 1.59 bits per heavy atom. The number of hydrogen-bond donors (Lipinski definition) is 2. The molecule has 2 saturated heterocycles. The predicted molar refractivity (Wildman–Crippen MR) is 177 cm³/mol. The van der Waals surface area contributed by atoms with Gasteiger partial charge in [-0.05, 0) is 54.3 Å². The maximum absolute atomic E-state index is 13.4. The number of piperidine rings is 1. The van der Waals surface area contributed by atoms with Crippen LogP contribution in [-0.4, -0.2) is 91.0 Å². The van der Waals surface area contributed by atoms with Gasteiger partial charge in [0.05, 0.1) is 31.9 Å². The van der Waals surface area contributed by atoms with Crippen LogP contribution in [0, 0.1) is 0 Å². The van der Waals surface area contributed by atoms with Gasteiger partial charge in [-0.25, -0.2) is 4.79 Å². The molecule has 4 aliphatic heterocycles. The van der Waals surface area contributed by atoms with Crippen LogP contribution in [0.1, 0.15) is 56.2 Å². The zero-order valence-electron chi connectivity index (χ0n) is 27.6. The van der Waals surface area contributed by atoms with E-state index in [-0.39, 0.29) is 48.0 Å². The Morgan fingerprint density at radius 1 is 0.898 bits per heavy atom. The van der Waals surface area contributed by atoms with Gasteiger partial charge < -0.3 is 29.2 Å². The summed E-state index contributed by atoms with van der Waals surface area (Å²) in [6, 6.07) is 7.75. The number of ether oxygens (including phenoxy) is 2. The summed E-state index contributed by atoms with van der Waals surface area (Å²) in [4.78, 5) is 80.7. The molecule has 14 heteroatoms. The molecule has 49 heavy (non-hydrogen) atoms. The number of fused-ring (bicyclic) bond motifs is 2. The molecule has 14 nitrogen and oxygen atoms in total. The smallest absolute Gasteiger partial charge is 0.317 e. The Labute approximate surface area is 281 Å². The first-order valence-corrected chi connectivity index (χ1v) is 16.1. The van der Waals surface area contributed by atoms with Crippen molar-refractivity contribution >= 4 is 35.3 Å². The van der Waals surface area contributed by atoms with Crippen molar-refractivity contribution in [1.29, 1.82) is 0 Å². The van der Waals surface area contributed by atoms with E-state index in [1.54, 1.807) is 51.4 Å². The number of aryl methyl sites for hydroxylation is 1. The van der Waals surface area contributed by atoms with Gasteiger partial charge in [0.2, 0.25) is 11.8 Å². The lowest BCUT2D eigenvalue weighted by molar-refractivity contribution is -0.136. The summed E-state index contributed by atoms with van der Waals surface area (Å²) in [5.74, 6) is -0.848. The van der Waals surface area contributed by atoms with E-state index in [0.29, 0.717) is 43.1 Å². The molecule has 254 valence electrons. The second kappa shape index (κ2) is 12.1. The molecule has 1 unspecified atom stereocenters. The number of amides is 6. The van der Waals surface area contributed by atoms with E-state index in [4.69, 9.17) is 9.47 Å². The maximum atomic E-state index is 13.4. The fourth-order valence-electron chi connectivity index (χ4n) is 7.40. The number of urea groups is 1. The van der Waals surface area contributed by atoms with Gasteiger partial charge in [-0.2, -0.15) is 0 Å². The second-order valence-electron chi connectivity index (χ2n) is 12.7. The van der Waals surface area contributed by atoms with Crippen molar-refractivity contribution in [2.75, 3.05) is 45.8 Å². The highest BCUT2D eigenvalue weighted by molar-refractivity contribution is 6.23. The largest absolute Gasteiger partial charge is 0.496 e. The van der Waals surface area contributed by atoms with Crippen LogP contribution in [0.5, 0.6) is 11.5 Å². The first kappa shape index (κ1) is 31.9. The molecule has 0 spiro atoms. The number of imide groups is 2. The van der Waals surface area contributed by atoms with Crippen LogP contribution in [0.25, 0.3) is 11.1 Å². The van der Waals surface area contributed by atoms with Crippen LogP contribution in [0.4, 0.5) is 10.5 Å². The van der Waals surface area contributed by atoms with Crippen molar-refractivity contribution in [3.63, 3.8) is 0 Å². The minimum atomic E-state index is -1.02. The lowest BCUT2D eigenvalue weighted by Crippen LogP contribution is -2.54. The minimum Gasteiger partial charge on any atom is -0.496 e.